The van der Waals surface area contributed by atoms with E-state index < -0.39 is 0 Å². The Labute approximate surface area is 205 Å². The number of para-hydroxylation sites is 1. The number of hydrogen-bond acceptors (Lipinski definition) is 4. The molecule has 35 heavy (non-hydrogen) atoms. The highest BCUT2D eigenvalue weighted by Crippen LogP contribution is 2.24. The molecule has 2 N–H and O–H groups in total. The maximum absolute atomic E-state index is 12.7. The first kappa shape index (κ1) is 24.1. The van der Waals surface area contributed by atoms with E-state index in [2.05, 4.69) is 17.6 Å². The van der Waals surface area contributed by atoms with E-state index in [1.165, 1.54) is 19.3 Å². The molecule has 0 bridgehead atoms. The van der Waals surface area contributed by atoms with E-state index in [4.69, 9.17) is 9.15 Å². The number of ether oxygens (including phenoxy) is 1. The molecule has 0 unspecified atom stereocenters. The summed E-state index contributed by atoms with van der Waals surface area (Å²) in [6.07, 6.45) is 4.61. The van der Waals surface area contributed by atoms with Gasteiger partial charge in [0.05, 0.1) is 6.61 Å². The molecule has 180 valence electrons. The molecule has 2 amide bonds. The van der Waals surface area contributed by atoms with E-state index in [-0.39, 0.29) is 17.6 Å². The number of rotatable bonds is 10. The summed E-state index contributed by atoms with van der Waals surface area (Å²) in [5.74, 6) is 0.474. The number of carbonyl (C=O) groups excluding carboxylic acids is 2. The van der Waals surface area contributed by atoms with Gasteiger partial charge in [-0.1, -0.05) is 44.4 Å². The quantitative estimate of drug-likeness (QED) is 0.240. The van der Waals surface area contributed by atoms with Crippen molar-refractivity contribution < 1.29 is 18.7 Å². The lowest BCUT2D eigenvalue weighted by Gasteiger charge is -2.11. The Bertz CT molecular complexity index is 1280. The molecule has 4 rings (SSSR count). The number of nitrogens with one attached hydrogen (secondary N) is 2. The Morgan fingerprint density at radius 2 is 1.66 bits per heavy atom. The van der Waals surface area contributed by atoms with Crippen molar-refractivity contribution in [3.05, 3.63) is 89.7 Å². The van der Waals surface area contributed by atoms with Crippen LogP contribution < -0.4 is 15.4 Å². The van der Waals surface area contributed by atoms with Crippen LogP contribution in [-0.2, 0) is 0 Å². The molecule has 0 spiro atoms. The fraction of sp³-hybridized carbons (Fsp3) is 0.241. The summed E-state index contributed by atoms with van der Waals surface area (Å²) in [4.78, 5) is 25.3. The zero-order valence-corrected chi connectivity index (χ0v) is 20.1. The fourth-order valence-corrected chi connectivity index (χ4v) is 3.78. The average molecular weight is 471 g/mol. The topological polar surface area (TPSA) is 80.6 Å². The van der Waals surface area contributed by atoms with Crippen LogP contribution in [0.3, 0.4) is 0 Å². The maximum Gasteiger partial charge on any atom is 0.291 e. The first-order valence-corrected chi connectivity index (χ1v) is 12.0. The lowest BCUT2D eigenvalue weighted by atomic mass is 10.1. The zero-order valence-electron chi connectivity index (χ0n) is 20.1. The molecular formula is C29H30N2O4. The number of amides is 2. The van der Waals surface area contributed by atoms with Gasteiger partial charge in [-0.05, 0) is 73.5 Å². The number of benzene rings is 3. The van der Waals surface area contributed by atoms with Gasteiger partial charge in [0.15, 0.2) is 5.76 Å². The lowest BCUT2D eigenvalue weighted by Crippen LogP contribution is -2.14. The van der Waals surface area contributed by atoms with Crippen LogP contribution in [0, 0.1) is 6.92 Å². The monoisotopic (exact) mass is 470 g/mol. The summed E-state index contributed by atoms with van der Waals surface area (Å²) in [5.41, 5.74) is 3.32. The summed E-state index contributed by atoms with van der Waals surface area (Å²) < 4.78 is 11.4. The third-order valence-corrected chi connectivity index (χ3v) is 5.76. The minimum atomic E-state index is -0.325. The lowest BCUT2D eigenvalue weighted by molar-refractivity contribution is 0.0996. The van der Waals surface area contributed by atoms with Crippen molar-refractivity contribution in [1.82, 2.24) is 0 Å². The summed E-state index contributed by atoms with van der Waals surface area (Å²) in [6.45, 7) is 4.74. The van der Waals surface area contributed by atoms with Crippen LogP contribution in [0.15, 0.2) is 77.2 Å². The van der Waals surface area contributed by atoms with E-state index in [9.17, 15) is 9.59 Å². The normalized spacial score (nSPS) is 10.8. The van der Waals surface area contributed by atoms with Crippen molar-refractivity contribution >= 4 is 34.2 Å². The highest BCUT2D eigenvalue weighted by Gasteiger charge is 2.14. The predicted molar refractivity (Wildman–Crippen MR) is 139 cm³/mol. The average Bonchev–Trinajstić information content (AvgIpc) is 3.30. The smallest absolute Gasteiger partial charge is 0.291 e. The minimum absolute atomic E-state index is 0.210. The molecule has 6 heteroatoms. The van der Waals surface area contributed by atoms with Gasteiger partial charge in [0.25, 0.3) is 11.8 Å². The van der Waals surface area contributed by atoms with E-state index in [1.807, 2.05) is 49.4 Å². The van der Waals surface area contributed by atoms with E-state index in [1.54, 1.807) is 30.3 Å². The maximum atomic E-state index is 12.7. The van der Waals surface area contributed by atoms with Crippen molar-refractivity contribution in [1.29, 1.82) is 0 Å². The summed E-state index contributed by atoms with van der Waals surface area (Å²) in [6, 6.07) is 21.7. The van der Waals surface area contributed by atoms with Crippen LogP contribution in [0.25, 0.3) is 11.0 Å². The number of hydrogen-bond donors (Lipinski definition) is 2. The van der Waals surface area contributed by atoms with Gasteiger partial charge in [-0.2, -0.15) is 0 Å². The van der Waals surface area contributed by atoms with Crippen molar-refractivity contribution in [3.8, 4) is 5.75 Å². The molecule has 0 aliphatic rings. The molecule has 1 aromatic heterocycles. The molecule has 1 heterocycles. The van der Waals surface area contributed by atoms with Gasteiger partial charge in [0, 0.05) is 22.3 Å². The SMILES string of the molecule is CCCCCCOc1ccc(C(=O)Nc2ccc(NC(=O)c3cc4ccccc4o3)c(C)c2)cc1. The number of unbranched alkanes of at least 4 members (excludes halogenated alkanes) is 3. The third-order valence-electron chi connectivity index (χ3n) is 5.76. The Balaban J connectivity index is 1.33. The minimum Gasteiger partial charge on any atom is -0.494 e. The number of fused-ring (bicyclic) bond motifs is 1. The molecule has 0 saturated carbocycles. The Kier molecular flexibility index (Phi) is 7.83. The molecule has 4 aromatic rings. The Morgan fingerprint density at radius 3 is 2.40 bits per heavy atom. The molecule has 6 nitrogen and oxygen atoms in total. The van der Waals surface area contributed by atoms with Crippen LogP contribution >= 0.6 is 0 Å². The van der Waals surface area contributed by atoms with E-state index in [0.29, 0.717) is 29.1 Å². The van der Waals surface area contributed by atoms with Crippen molar-refractivity contribution in [2.45, 2.75) is 39.5 Å². The van der Waals surface area contributed by atoms with Crippen molar-refractivity contribution in [3.63, 3.8) is 0 Å². The van der Waals surface area contributed by atoms with Gasteiger partial charge in [-0.25, -0.2) is 0 Å². The second-order valence-electron chi connectivity index (χ2n) is 8.52. The molecule has 3 aromatic carbocycles. The van der Waals surface area contributed by atoms with Gasteiger partial charge in [0.1, 0.15) is 11.3 Å². The fourth-order valence-electron chi connectivity index (χ4n) is 3.78. The highest BCUT2D eigenvalue weighted by molar-refractivity contribution is 6.06. The second-order valence-corrected chi connectivity index (χ2v) is 8.52. The Morgan fingerprint density at radius 1 is 0.857 bits per heavy atom. The number of anilines is 2. The molecular weight excluding hydrogens is 440 g/mol. The molecule has 0 radical (unpaired) electrons. The van der Waals surface area contributed by atoms with E-state index >= 15 is 0 Å². The summed E-state index contributed by atoms with van der Waals surface area (Å²) in [5, 5.41) is 6.65. The molecule has 0 aliphatic carbocycles. The van der Waals surface area contributed by atoms with Gasteiger partial charge in [0.2, 0.25) is 0 Å². The van der Waals surface area contributed by atoms with Crippen molar-refractivity contribution in [2.24, 2.45) is 0 Å². The van der Waals surface area contributed by atoms with E-state index in [0.717, 1.165) is 23.1 Å². The van der Waals surface area contributed by atoms with Gasteiger partial charge >= 0.3 is 0 Å². The summed E-state index contributed by atoms with van der Waals surface area (Å²) >= 11 is 0. The predicted octanol–water partition coefficient (Wildman–Crippen LogP) is 7.20. The summed E-state index contributed by atoms with van der Waals surface area (Å²) in [7, 11) is 0. The van der Waals surface area contributed by atoms with Gasteiger partial charge in [-0.15, -0.1) is 0 Å². The molecule has 0 aliphatic heterocycles. The van der Waals surface area contributed by atoms with Gasteiger partial charge in [-0.3, -0.25) is 9.59 Å². The second kappa shape index (κ2) is 11.4. The zero-order chi connectivity index (χ0) is 24.6. The molecule has 0 fully saturated rings. The first-order chi connectivity index (χ1) is 17.0. The van der Waals surface area contributed by atoms with Crippen molar-refractivity contribution in [2.75, 3.05) is 17.2 Å². The van der Waals surface area contributed by atoms with Crippen LogP contribution in [0.1, 0.15) is 59.1 Å². The van der Waals surface area contributed by atoms with Crippen LogP contribution in [-0.4, -0.2) is 18.4 Å². The first-order valence-electron chi connectivity index (χ1n) is 12.0. The van der Waals surface area contributed by atoms with Crippen LogP contribution in [0.4, 0.5) is 11.4 Å². The Hall–Kier alpha value is -4.06. The van der Waals surface area contributed by atoms with Crippen LogP contribution in [0.5, 0.6) is 5.75 Å². The highest BCUT2D eigenvalue weighted by atomic mass is 16.5. The third kappa shape index (κ3) is 6.29. The number of aryl methyl sites for hydroxylation is 1. The van der Waals surface area contributed by atoms with Gasteiger partial charge < -0.3 is 19.8 Å². The largest absolute Gasteiger partial charge is 0.494 e. The standard InChI is InChI=1S/C29H30N2O4/c1-3-4-5-8-17-34-24-14-11-21(12-15-24)28(32)30-23-13-16-25(20(2)18-23)31-29(33)27-19-22-9-6-7-10-26(22)35-27/h6-7,9-16,18-19H,3-5,8,17H2,1-2H3,(H,30,32)(H,31,33). The number of furan rings is 1. The molecule has 0 saturated heterocycles. The molecule has 0 atom stereocenters. The number of carbonyl (C=O) groups is 2. The van der Waals surface area contributed by atoms with Crippen LogP contribution in [0.2, 0.25) is 0 Å².